The van der Waals surface area contributed by atoms with E-state index in [1.54, 1.807) is 24.6 Å². The Morgan fingerprint density at radius 2 is 2.22 bits per heavy atom. The monoisotopic (exact) mass is 394 g/mol. The topological polar surface area (TPSA) is 104 Å². The number of nitrogens with one attached hydrogen (secondary N) is 1. The van der Waals surface area contributed by atoms with E-state index in [1.165, 1.54) is 30.7 Å². The summed E-state index contributed by atoms with van der Waals surface area (Å²) in [5.74, 6) is 0.139. The first-order chi connectivity index (χ1) is 12.9. The van der Waals surface area contributed by atoms with Crippen LogP contribution in [0.3, 0.4) is 0 Å². The maximum absolute atomic E-state index is 12.6. The Hall–Kier alpha value is -2.43. The van der Waals surface area contributed by atoms with Gasteiger partial charge in [-0.25, -0.2) is 19.3 Å². The van der Waals surface area contributed by atoms with Gasteiger partial charge >= 0.3 is 0 Å². The SMILES string of the molecule is Cc1nc(S(=O)(=O)n2ccc(C=CC(=O)NOC3CCCCO3)c2)cn1C. The zero-order valence-corrected chi connectivity index (χ0v) is 16.0. The molecule has 2 aromatic rings. The van der Waals surface area contributed by atoms with Crippen LogP contribution in [-0.4, -0.2) is 40.7 Å². The summed E-state index contributed by atoms with van der Waals surface area (Å²) in [5.41, 5.74) is 2.86. The summed E-state index contributed by atoms with van der Waals surface area (Å²) in [5, 5.41) is -0.0349. The molecule has 0 radical (unpaired) electrons. The minimum Gasteiger partial charge on any atom is -0.350 e. The third-order valence-electron chi connectivity index (χ3n) is 4.17. The molecule has 3 heterocycles. The summed E-state index contributed by atoms with van der Waals surface area (Å²) in [6, 6.07) is 1.59. The predicted octanol–water partition coefficient (Wildman–Crippen LogP) is 1.35. The van der Waals surface area contributed by atoms with Crippen molar-refractivity contribution in [3.8, 4) is 0 Å². The second kappa shape index (κ2) is 8.07. The lowest BCUT2D eigenvalue weighted by molar-refractivity contribution is -0.198. The summed E-state index contributed by atoms with van der Waals surface area (Å²) < 4.78 is 33.2. The van der Waals surface area contributed by atoms with Gasteiger partial charge in [-0.05, 0) is 37.5 Å². The Kier molecular flexibility index (Phi) is 5.78. The first-order valence-corrected chi connectivity index (χ1v) is 9.99. The van der Waals surface area contributed by atoms with Crippen LogP contribution in [0.25, 0.3) is 6.08 Å². The number of imidazole rings is 1. The van der Waals surface area contributed by atoms with Gasteiger partial charge in [0, 0.05) is 44.7 Å². The highest BCUT2D eigenvalue weighted by atomic mass is 32.2. The molecule has 1 aliphatic rings. The van der Waals surface area contributed by atoms with Crippen LogP contribution in [0.4, 0.5) is 0 Å². The van der Waals surface area contributed by atoms with E-state index in [2.05, 4.69) is 10.5 Å². The van der Waals surface area contributed by atoms with Crippen molar-refractivity contribution < 1.29 is 22.8 Å². The van der Waals surface area contributed by atoms with Crippen molar-refractivity contribution in [3.05, 3.63) is 42.1 Å². The standard InChI is InChI=1S/C17H22N4O5S/c1-13-18-16(12-20(13)2)27(23,24)21-9-8-14(11-21)6-7-15(22)19-26-17-5-3-4-10-25-17/h6-9,11-12,17H,3-5,10H2,1-2H3,(H,19,22). The van der Waals surface area contributed by atoms with Gasteiger partial charge in [-0.1, -0.05) is 0 Å². The van der Waals surface area contributed by atoms with E-state index < -0.39 is 22.2 Å². The molecule has 1 N–H and O–H groups in total. The third-order valence-corrected chi connectivity index (χ3v) is 5.68. The van der Waals surface area contributed by atoms with Gasteiger partial charge in [0.1, 0.15) is 5.82 Å². The van der Waals surface area contributed by atoms with Crippen molar-refractivity contribution in [2.45, 2.75) is 37.5 Å². The van der Waals surface area contributed by atoms with E-state index in [1.807, 2.05) is 0 Å². The third kappa shape index (κ3) is 4.65. The lowest BCUT2D eigenvalue weighted by Crippen LogP contribution is -2.32. The highest BCUT2D eigenvalue weighted by molar-refractivity contribution is 7.89. The summed E-state index contributed by atoms with van der Waals surface area (Å²) in [6.45, 7) is 2.34. The lowest BCUT2D eigenvalue weighted by Gasteiger charge is -2.21. The number of nitrogens with zero attached hydrogens (tertiary/aromatic N) is 3. The predicted molar refractivity (Wildman–Crippen MR) is 96.8 cm³/mol. The number of hydrogen-bond donors (Lipinski definition) is 1. The van der Waals surface area contributed by atoms with E-state index in [0.717, 1.165) is 23.2 Å². The van der Waals surface area contributed by atoms with Crippen molar-refractivity contribution >= 4 is 22.0 Å². The molecular weight excluding hydrogens is 372 g/mol. The molecule has 146 valence electrons. The number of aryl methyl sites for hydroxylation is 2. The highest BCUT2D eigenvalue weighted by Crippen LogP contribution is 2.15. The summed E-state index contributed by atoms with van der Waals surface area (Å²) in [4.78, 5) is 21.0. The fourth-order valence-electron chi connectivity index (χ4n) is 2.53. The number of ether oxygens (including phenoxy) is 1. The van der Waals surface area contributed by atoms with Gasteiger partial charge < -0.3 is 9.30 Å². The molecule has 2 aromatic heterocycles. The van der Waals surface area contributed by atoms with Crippen LogP contribution in [0.5, 0.6) is 0 Å². The Morgan fingerprint density at radius 3 is 2.89 bits per heavy atom. The van der Waals surface area contributed by atoms with E-state index in [0.29, 0.717) is 18.0 Å². The Morgan fingerprint density at radius 1 is 1.41 bits per heavy atom. The molecule has 1 unspecified atom stereocenters. The number of carbonyl (C=O) groups is 1. The maximum atomic E-state index is 12.6. The van der Waals surface area contributed by atoms with E-state index >= 15 is 0 Å². The molecule has 10 heteroatoms. The lowest BCUT2D eigenvalue weighted by atomic mass is 10.2. The second-order valence-corrected chi connectivity index (χ2v) is 8.02. The largest absolute Gasteiger partial charge is 0.350 e. The van der Waals surface area contributed by atoms with Crippen LogP contribution in [0.2, 0.25) is 0 Å². The van der Waals surface area contributed by atoms with Crippen molar-refractivity contribution in [1.82, 2.24) is 19.0 Å². The van der Waals surface area contributed by atoms with E-state index in [4.69, 9.17) is 9.57 Å². The number of amides is 1. The zero-order valence-electron chi connectivity index (χ0n) is 15.2. The van der Waals surface area contributed by atoms with E-state index in [-0.39, 0.29) is 5.03 Å². The Bertz CT molecular complexity index is 919. The minimum absolute atomic E-state index is 0.0349. The van der Waals surface area contributed by atoms with Crippen molar-refractivity contribution in [1.29, 1.82) is 0 Å². The van der Waals surface area contributed by atoms with Crippen LogP contribution >= 0.6 is 0 Å². The number of rotatable bonds is 6. The van der Waals surface area contributed by atoms with Gasteiger partial charge in [-0.2, -0.15) is 8.42 Å². The summed E-state index contributed by atoms with van der Waals surface area (Å²) in [6.07, 6.45) is 9.33. The Balaban J connectivity index is 1.61. The summed E-state index contributed by atoms with van der Waals surface area (Å²) >= 11 is 0. The average molecular weight is 394 g/mol. The number of carbonyl (C=O) groups excluding carboxylic acids is 1. The fourth-order valence-corrected chi connectivity index (χ4v) is 3.77. The van der Waals surface area contributed by atoms with Crippen LogP contribution in [0.15, 0.2) is 35.8 Å². The molecule has 3 rings (SSSR count). The highest BCUT2D eigenvalue weighted by Gasteiger charge is 2.20. The van der Waals surface area contributed by atoms with Crippen molar-refractivity contribution in [2.24, 2.45) is 7.05 Å². The molecule has 0 bridgehead atoms. The van der Waals surface area contributed by atoms with Gasteiger partial charge in [-0.15, -0.1) is 0 Å². The zero-order chi connectivity index (χ0) is 19.4. The van der Waals surface area contributed by atoms with Crippen LogP contribution < -0.4 is 5.48 Å². The molecule has 1 fully saturated rings. The minimum atomic E-state index is -3.77. The normalized spacial score (nSPS) is 18.1. The molecule has 1 aliphatic heterocycles. The average Bonchev–Trinajstić information content (AvgIpc) is 3.27. The van der Waals surface area contributed by atoms with Gasteiger partial charge in [0.05, 0.1) is 0 Å². The Labute approximate surface area is 157 Å². The smallest absolute Gasteiger partial charge is 0.286 e. The second-order valence-electron chi connectivity index (χ2n) is 6.23. The van der Waals surface area contributed by atoms with Gasteiger partial charge in [0.25, 0.3) is 15.9 Å². The van der Waals surface area contributed by atoms with Crippen LogP contribution in [0.1, 0.15) is 30.7 Å². The first-order valence-electron chi connectivity index (χ1n) is 8.55. The van der Waals surface area contributed by atoms with E-state index in [9.17, 15) is 13.2 Å². The molecule has 1 amide bonds. The number of hydrogen-bond acceptors (Lipinski definition) is 6. The fraction of sp³-hybridized carbons (Fsp3) is 0.412. The first kappa shape index (κ1) is 19.3. The van der Waals surface area contributed by atoms with Gasteiger partial charge in [0.2, 0.25) is 0 Å². The molecule has 1 saturated heterocycles. The van der Waals surface area contributed by atoms with Crippen LogP contribution in [0, 0.1) is 6.92 Å². The molecule has 9 nitrogen and oxygen atoms in total. The number of aromatic nitrogens is 3. The maximum Gasteiger partial charge on any atom is 0.286 e. The molecule has 0 spiro atoms. The molecule has 0 aromatic carbocycles. The molecule has 27 heavy (non-hydrogen) atoms. The van der Waals surface area contributed by atoms with Crippen molar-refractivity contribution in [3.63, 3.8) is 0 Å². The van der Waals surface area contributed by atoms with Gasteiger partial charge in [0.15, 0.2) is 11.3 Å². The number of hydroxylamine groups is 1. The molecule has 1 atom stereocenters. The molecule has 0 aliphatic carbocycles. The van der Waals surface area contributed by atoms with Crippen molar-refractivity contribution in [2.75, 3.05) is 6.61 Å². The summed E-state index contributed by atoms with van der Waals surface area (Å²) in [7, 11) is -2.05. The van der Waals surface area contributed by atoms with Gasteiger partial charge in [-0.3, -0.25) is 4.79 Å². The quantitative estimate of drug-likeness (QED) is 0.586. The molecule has 0 saturated carbocycles. The molecular formula is C17H22N4O5S. The van der Waals surface area contributed by atoms with Crippen LogP contribution in [-0.2, 0) is 31.4 Å².